The normalized spacial score (nSPS) is 36.4. The molecule has 12 heteroatoms. The van der Waals surface area contributed by atoms with Crippen LogP contribution >= 0.6 is 0 Å². The highest BCUT2D eigenvalue weighted by Gasteiger charge is 2.93. The molecule has 1 amide bonds. The number of amides is 1. The SMILES string of the molecule is CC(C)(C)[C@]1(O)C[C@@H]2OC(=O)C[C@@]23C(=O)O[C@@H]2N(CCC4(CCC#N)N=N4)C(=O)[C@H](OC(=O)c4ccccc4)[C@]213. The predicted octanol–water partition coefficient (Wildman–Crippen LogP) is 2.26. The van der Waals surface area contributed by atoms with Crippen molar-refractivity contribution in [2.24, 2.45) is 26.5 Å². The summed E-state index contributed by atoms with van der Waals surface area (Å²) in [5, 5.41) is 29.8. The van der Waals surface area contributed by atoms with E-state index >= 15 is 0 Å². The number of esters is 3. The average molecular weight is 551 g/mol. The Balaban J connectivity index is 1.48. The molecule has 3 saturated heterocycles. The molecule has 4 aliphatic heterocycles. The maximum absolute atomic E-state index is 14.3. The quantitative estimate of drug-likeness (QED) is 0.395. The van der Waals surface area contributed by atoms with Gasteiger partial charge in [0.2, 0.25) is 0 Å². The Morgan fingerprint density at radius 1 is 1.18 bits per heavy atom. The largest absolute Gasteiger partial charge is 0.461 e. The predicted molar refractivity (Wildman–Crippen MR) is 133 cm³/mol. The van der Waals surface area contributed by atoms with Gasteiger partial charge in [-0.1, -0.05) is 39.0 Å². The standard InChI is InChI=1S/C28H30N4O8/c1-24(2,3)27(37)14-17-26(15-18(33)38-17)23(36)40-22-28(26,27)19(39-21(35)16-8-5-4-6-9-16)20(34)32(22)13-11-25(30-31-25)10-7-12-29/h4-6,8-9,17,19,22,37H,7,10-11,13-15H2,1-3H3/t17-,19-,22-,26-,27+,28+/m0/s1. The van der Waals surface area contributed by atoms with Gasteiger partial charge in [0.1, 0.15) is 16.9 Å². The Labute approximate surface area is 230 Å². The first-order valence-electron chi connectivity index (χ1n) is 13.4. The molecule has 12 nitrogen and oxygen atoms in total. The van der Waals surface area contributed by atoms with Crippen molar-refractivity contribution in [2.75, 3.05) is 6.54 Å². The highest BCUT2D eigenvalue weighted by molar-refractivity contribution is 5.99. The Hall–Kier alpha value is -3.85. The van der Waals surface area contributed by atoms with Gasteiger partial charge in [-0.2, -0.15) is 15.5 Å². The van der Waals surface area contributed by atoms with E-state index in [9.17, 15) is 24.3 Å². The van der Waals surface area contributed by atoms with Crippen LogP contribution in [0, 0.1) is 27.6 Å². The Morgan fingerprint density at radius 2 is 1.88 bits per heavy atom. The lowest BCUT2D eigenvalue weighted by Crippen LogP contribution is -2.66. The fourth-order valence-corrected chi connectivity index (χ4v) is 7.52. The summed E-state index contributed by atoms with van der Waals surface area (Å²) in [7, 11) is 0. The van der Waals surface area contributed by atoms with E-state index in [1.165, 1.54) is 17.0 Å². The summed E-state index contributed by atoms with van der Waals surface area (Å²) in [6, 6.07) is 10.2. The number of hydrogen-bond donors (Lipinski definition) is 1. The van der Waals surface area contributed by atoms with Crippen LogP contribution < -0.4 is 0 Å². The number of nitrogens with zero attached hydrogens (tertiary/aromatic N) is 4. The number of likely N-dealkylation sites (tertiary alicyclic amines) is 1. The fraction of sp³-hybridized carbons (Fsp3) is 0.607. The van der Waals surface area contributed by atoms with Gasteiger partial charge >= 0.3 is 17.9 Å². The smallest absolute Gasteiger partial charge is 0.338 e. The van der Waals surface area contributed by atoms with Crippen molar-refractivity contribution < 1.29 is 38.5 Å². The number of benzene rings is 1. The second-order valence-corrected chi connectivity index (χ2v) is 12.3. The van der Waals surface area contributed by atoms with Crippen LogP contribution in [0.3, 0.4) is 0 Å². The van der Waals surface area contributed by atoms with Gasteiger partial charge in [0, 0.05) is 32.2 Å². The van der Waals surface area contributed by atoms with Crippen LogP contribution in [0.5, 0.6) is 0 Å². The minimum atomic E-state index is -1.84. The number of carbonyl (C=O) groups is 4. The Morgan fingerprint density at radius 3 is 2.50 bits per heavy atom. The maximum Gasteiger partial charge on any atom is 0.338 e. The lowest BCUT2D eigenvalue weighted by atomic mass is 9.52. The number of aliphatic hydroxyl groups is 1. The highest BCUT2D eigenvalue weighted by atomic mass is 16.6. The van der Waals surface area contributed by atoms with Gasteiger partial charge in [0.05, 0.1) is 23.7 Å². The van der Waals surface area contributed by atoms with Crippen molar-refractivity contribution in [1.82, 2.24) is 4.90 Å². The minimum absolute atomic E-state index is 0.00607. The molecule has 0 radical (unpaired) electrons. The lowest BCUT2D eigenvalue weighted by molar-refractivity contribution is -0.212. The summed E-state index contributed by atoms with van der Waals surface area (Å²) in [4.78, 5) is 55.5. The van der Waals surface area contributed by atoms with Gasteiger partial charge in [0.25, 0.3) is 5.91 Å². The van der Waals surface area contributed by atoms with Crippen LogP contribution in [0.25, 0.3) is 0 Å². The van der Waals surface area contributed by atoms with Crippen LogP contribution in [0.4, 0.5) is 0 Å². The molecule has 4 heterocycles. The summed E-state index contributed by atoms with van der Waals surface area (Å²) in [6.07, 6.45) is -3.78. The summed E-state index contributed by atoms with van der Waals surface area (Å²) in [5.41, 5.74) is -7.03. The molecule has 1 saturated carbocycles. The van der Waals surface area contributed by atoms with Crippen molar-refractivity contribution in [3.05, 3.63) is 35.9 Å². The van der Waals surface area contributed by atoms with Crippen LogP contribution in [0.15, 0.2) is 40.6 Å². The number of ether oxygens (including phenoxy) is 3. The van der Waals surface area contributed by atoms with E-state index in [0.717, 1.165) is 0 Å². The zero-order chi connectivity index (χ0) is 28.7. The number of carbonyl (C=O) groups excluding carboxylic acids is 4. The van der Waals surface area contributed by atoms with E-state index < -0.39 is 76.2 Å². The van der Waals surface area contributed by atoms with Gasteiger partial charge < -0.3 is 24.2 Å². The van der Waals surface area contributed by atoms with Gasteiger partial charge in [0.15, 0.2) is 18.0 Å². The molecule has 0 aromatic heterocycles. The molecular weight excluding hydrogens is 520 g/mol. The molecule has 0 bridgehead atoms. The summed E-state index contributed by atoms with van der Waals surface area (Å²) >= 11 is 0. The van der Waals surface area contributed by atoms with E-state index in [-0.39, 0.29) is 31.4 Å². The van der Waals surface area contributed by atoms with E-state index in [1.807, 2.05) is 0 Å². The van der Waals surface area contributed by atoms with Gasteiger partial charge in [-0.05, 0) is 17.5 Å². The molecule has 40 heavy (non-hydrogen) atoms. The first kappa shape index (κ1) is 26.4. The van der Waals surface area contributed by atoms with Gasteiger partial charge in [-0.25, -0.2) is 4.79 Å². The average Bonchev–Trinajstić information content (AvgIpc) is 3.37. The number of rotatable bonds is 7. The second-order valence-electron chi connectivity index (χ2n) is 12.3. The maximum atomic E-state index is 14.3. The Kier molecular flexibility index (Phi) is 5.49. The molecule has 210 valence electrons. The molecule has 1 aromatic rings. The Bertz CT molecular complexity index is 1380. The third-order valence-corrected chi connectivity index (χ3v) is 9.57. The molecule has 4 fully saturated rings. The molecule has 0 unspecified atom stereocenters. The molecule has 6 rings (SSSR count). The fourth-order valence-electron chi connectivity index (χ4n) is 7.52. The van der Waals surface area contributed by atoms with E-state index in [4.69, 9.17) is 19.5 Å². The summed E-state index contributed by atoms with van der Waals surface area (Å²) < 4.78 is 17.5. The number of hydrogen-bond acceptors (Lipinski definition) is 11. The third kappa shape index (κ3) is 3.15. The molecule has 1 aliphatic carbocycles. The van der Waals surface area contributed by atoms with Crippen molar-refractivity contribution >= 4 is 23.8 Å². The van der Waals surface area contributed by atoms with Crippen LogP contribution in [-0.2, 0) is 28.6 Å². The van der Waals surface area contributed by atoms with E-state index in [0.29, 0.717) is 6.42 Å². The minimum Gasteiger partial charge on any atom is -0.461 e. The van der Waals surface area contributed by atoms with Crippen molar-refractivity contribution in [3.63, 3.8) is 0 Å². The first-order valence-corrected chi connectivity index (χ1v) is 13.4. The third-order valence-electron chi connectivity index (χ3n) is 9.57. The first-order chi connectivity index (χ1) is 18.9. The summed E-state index contributed by atoms with van der Waals surface area (Å²) in [6.45, 7) is 5.30. The zero-order valence-corrected chi connectivity index (χ0v) is 22.5. The van der Waals surface area contributed by atoms with Crippen LogP contribution in [0.1, 0.15) is 63.2 Å². The number of nitriles is 1. The van der Waals surface area contributed by atoms with Gasteiger partial charge in [-0.3, -0.25) is 14.4 Å². The zero-order valence-electron chi connectivity index (χ0n) is 22.5. The van der Waals surface area contributed by atoms with Gasteiger partial charge in [-0.15, -0.1) is 0 Å². The lowest BCUT2D eigenvalue weighted by Gasteiger charge is -2.51. The van der Waals surface area contributed by atoms with Crippen molar-refractivity contribution in [3.8, 4) is 6.07 Å². The monoisotopic (exact) mass is 550 g/mol. The topological polar surface area (TPSA) is 168 Å². The molecule has 1 aromatic carbocycles. The van der Waals surface area contributed by atoms with Crippen LogP contribution in [-0.4, -0.2) is 70.1 Å². The second kappa shape index (κ2) is 8.33. The molecule has 5 aliphatic rings. The molecule has 6 atom stereocenters. The van der Waals surface area contributed by atoms with Crippen molar-refractivity contribution in [1.29, 1.82) is 5.26 Å². The van der Waals surface area contributed by atoms with Crippen molar-refractivity contribution in [2.45, 2.75) is 82.6 Å². The highest BCUT2D eigenvalue weighted by Crippen LogP contribution is 2.76. The molecular formula is C28H30N4O8. The summed E-state index contributed by atoms with van der Waals surface area (Å²) in [5.74, 6) is -2.89. The van der Waals surface area contributed by atoms with E-state index in [2.05, 4.69) is 16.3 Å². The van der Waals surface area contributed by atoms with Crippen LogP contribution in [0.2, 0.25) is 0 Å². The molecule has 2 spiro atoms. The molecule has 1 N–H and O–H groups in total. The van der Waals surface area contributed by atoms with E-state index in [1.54, 1.807) is 39.0 Å².